The molecule has 1 N–H and O–H groups in total. The Morgan fingerprint density at radius 2 is 2.73 bits per heavy atom. The predicted molar refractivity (Wildman–Crippen MR) is 36.7 cm³/mol. The van der Waals surface area contributed by atoms with Crippen LogP contribution < -0.4 is 4.84 Å². The van der Waals surface area contributed by atoms with Gasteiger partial charge in [-0.25, -0.2) is 4.79 Å². The number of aliphatic carboxylic acids is 1. The van der Waals surface area contributed by atoms with Gasteiger partial charge in [0, 0.05) is 0 Å². The number of nitrogens with zero attached hydrogens (tertiary/aromatic N) is 3. The summed E-state index contributed by atoms with van der Waals surface area (Å²) in [6.07, 6.45) is 0.624. The third-order valence-electron chi connectivity index (χ3n) is 0.649. The van der Waals surface area contributed by atoms with Crippen molar-refractivity contribution in [2.75, 3.05) is 0 Å². The molecule has 1 rings (SSSR count). The fraction of sp³-hybridized carbons (Fsp3) is 0. The highest BCUT2D eigenvalue weighted by molar-refractivity contribution is 7.03. The molecule has 0 bridgehead atoms. The first-order valence-electron chi connectivity index (χ1n) is 2.49. The zero-order chi connectivity index (χ0) is 8.10. The Morgan fingerprint density at radius 1 is 1.91 bits per heavy atom. The first-order valence-corrected chi connectivity index (χ1v) is 3.33. The highest BCUT2D eigenvalue weighted by Gasteiger charge is 1.94. The van der Waals surface area contributed by atoms with Crippen LogP contribution in [0.15, 0.2) is 10.5 Å². The first-order chi connectivity index (χ1) is 5.29. The summed E-state index contributed by atoms with van der Waals surface area (Å²) in [6.45, 7) is 0. The highest BCUT2D eigenvalue weighted by Crippen LogP contribution is 2.05. The van der Waals surface area contributed by atoms with Crippen LogP contribution in [0, 0.1) is 0 Å². The molecule has 0 fully saturated rings. The van der Waals surface area contributed by atoms with Crippen molar-refractivity contribution in [3.63, 3.8) is 0 Å². The molecule has 1 heterocycles. The zero-order valence-electron chi connectivity index (χ0n) is 5.17. The van der Waals surface area contributed by atoms with E-state index >= 15 is 0 Å². The van der Waals surface area contributed by atoms with Crippen molar-refractivity contribution in [2.24, 2.45) is 5.16 Å². The van der Waals surface area contributed by atoms with Crippen LogP contribution >= 0.6 is 11.5 Å². The Balaban J connectivity index is 2.40. The number of carbonyl (C=O) groups is 1. The Labute approximate surface area is 65.3 Å². The van der Waals surface area contributed by atoms with Crippen molar-refractivity contribution in [1.82, 2.24) is 9.59 Å². The second kappa shape index (κ2) is 3.62. The van der Waals surface area contributed by atoms with Gasteiger partial charge in [-0.05, 0) is 11.5 Å². The van der Waals surface area contributed by atoms with E-state index < -0.39 is 5.97 Å². The lowest BCUT2D eigenvalue weighted by Crippen LogP contribution is -1.96. The zero-order valence-corrected chi connectivity index (χ0v) is 5.98. The molecular weight excluding hydrogens is 170 g/mol. The molecule has 11 heavy (non-hydrogen) atoms. The predicted octanol–water partition coefficient (Wildman–Crippen LogP) is -0.0127. The van der Waals surface area contributed by atoms with Crippen molar-refractivity contribution in [3.8, 4) is 5.88 Å². The van der Waals surface area contributed by atoms with Crippen LogP contribution in [0.1, 0.15) is 0 Å². The van der Waals surface area contributed by atoms with Crippen molar-refractivity contribution in [2.45, 2.75) is 0 Å². The second-order valence-corrected chi connectivity index (χ2v) is 2.02. The van der Waals surface area contributed by atoms with E-state index in [9.17, 15) is 4.79 Å². The van der Waals surface area contributed by atoms with Crippen LogP contribution in [-0.4, -0.2) is 26.9 Å². The van der Waals surface area contributed by atoms with Gasteiger partial charge in [0.1, 0.15) is 0 Å². The summed E-state index contributed by atoms with van der Waals surface area (Å²) in [5.74, 6) is -0.985. The third-order valence-corrected chi connectivity index (χ3v) is 1.13. The summed E-state index contributed by atoms with van der Waals surface area (Å²) in [6, 6.07) is 0. The minimum atomic E-state index is -1.17. The lowest BCUT2D eigenvalue weighted by atomic mass is 10.8. The molecule has 0 aromatic carbocycles. The van der Waals surface area contributed by atoms with Crippen molar-refractivity contribution in [3.05, 3.63) is 5.38 Å². The molecule has 0 saturated heterocycles. The lowest BCUT2D eigenvalue weighted by molar-refractivity contribution is -0.128. The summed E-state index contributed by atoms with van der Waals surface area (Å²) in [5, 5.41) is 16.1. The molecule has 0 aliphatic heterocycles. The largest absolute Gasteiger partial charge is 0.477 e. The number of aromatic nitrogens is 2. The van der Waals surface area contributed by atoms with Gasteiger partial charge in [0.15, 0.2) is 6.21 Å². The van der Waals surface area contributed by atoms with Gasteiger partial charge in [-0.15, -0.1) is 0 Å². The maximum Gasteiger partial charge on any atom is 0.350 e. The number of carboxylic acid groups (broad SMARTS) is 1. The molecule has 58 valence electrons. The molecule has 0 aliphatic carbocycles. The van der Waals surface area contributed by atoms with Gasteiger partial charge >= 0.3 is 5.97 Å². The normalized spacial score (nSPS) is 10.2. The van der Waals surface area contributed by atoms with E-state index in [2.05, 4.69) is 19.6 Å². The molecule has 1 aromatic heterocycles. The summed E-state index contributed by atoms with van der Waals surface area (Å²) >= 11 is 1.09. The van der Waals surface area contributed by atoms with Crippen LogP contribution in [0.3, 0.4) is 0 Å². The van der Waals surface area contributed by atoms with E-state index in [4.69, 9.17) is 5.11 Å². The average Bonchev–Trinajstić information content (AvgIpc) is 2.39. The summed E-state index contributed by atoms with van der Waals surface area (Å²) in [4.78, 5) is 14.3. The summed E-state index contributed by atoms with van der Waals surface area (Å²) in [5.41, 5.74) is 0. The van der Waals surface area contributed by atoms with Gasteiger partial charge in [-0.3, -0.25) is 0 Å². The Kier molecular flexibility index (Phi) is 2.50. The average molecular weight is 173 g/mol. The van der Waals surface area contributed by atoms with E-state index in [1.165, 1.54) is 5.38 Å². The number of hydrogen-bond donors (Lipinski definition) is 1. The Morgan fingerprint density at radius 3 is 3.27 bits per heavy atom. The summed E-state index contributed by atoms with van der Waals surface area (Å²) in [7, 11) is 0. The fourth-order valence-electron chi connectivity index (χ4n) is 0.321. The molecule has 6 nitrogen and oxygen atoms in total. The van der Waals surface area contributed by atoms with Gasteiger partial charge < -0.3 is 9.94 Å². The van der Waals surface area contributed by atoms with Crippen molar-refractivity contribution in [1.29, 1.82) is 0 Å². The topological polar surface area (TPSA) is 84.7 Å². The number of oxime groups is 1. The van der Waals surface area contributed by atoms with E-state index in [1.807, 2.05) is 0 Å². The van der Waals surface area contributed by atoms with Crippen LogP contribution in [0.5, 0.6) is 5.88 Å². The van der Waals surface area contributed by atoms with Crippen molar-refractivity contribution < 1.29 is 14.7 Å². The highest BCUT2D eigenvalue weighted by atomic mass is 32.1. The Hall–Kier alpha value is -1.50. The SMILES string of the molecule is O=C(O)C=NOc1csnn1. The monoisotopic (exact) mass is 173 g/mol. The Bertz CT molecular complexity index is 258. The lowest BCUT2D eigenvalue weighted by Gasteiger charge is -1.85. The van der Waals surface area contributed by atoms with Gasteiger partial charge in [0.2, 0.25) is 0 Å². The maximum absolute atomic E-state index is 9.87. The number of hydrogen-bond acceptors (Lipinski definition) is 6. The molecule has 0 atom stereocenters. The van der Waals surface area contributed by atoms with E-state index in [0.717, 1.165) is 11.5 Å². The second-order valence-electron chi connectivity index (χ2n) is 1.41. The molecule has 0 aliphatic rings. The summed E-state index contributed by atoms with van der Waals surface area (Å²) < 4.78 is 3.47. The number of carboxylic acids is 1. The molecule has 0 radical (unpaired) electrons. The molecule has 0 amide bonds. The van der Waals surface area contributed by atoms with E-state index in [0.29, 0.717) is 6.21 Å². The molecule has 1 aromatic rings. The van der Waals surface area contributed by atoms with Crippen LogP contribution in [0.4, 0.5) is 0 Å². The molecular formula is C4H3N3O3S. The van der Waals surface area contributed by atoms with Gasteiger partial charge in [-0.1, -0.05) is 14.7 Å². The van der Waals surface area contributed by atoms with E-state index in [-0.39, 0.29) is 5.88 Å². The first kappa shape index (κ1) is 7.61. The van der Waals surface area contributed by atoms with Gasteiger partial charge in [0.25, 0.3) is 5.88 Å². The minimum absolute atomic E-state index is 0.188. The van der Waals surface area contributed by atoms with Crippen LogP contribution in [-0.2, 0) is 4.79 Å². The smallest absolute Gasteiger partial charge is 0.350 e. The van der Waals surface area contributed by atoms with Gasteiger partial charge in [0.05, 0.1) is 5.38 Å². The molecule has 7 heteroatoms. The quantitative estimate of drug-likeness (QED) is 0.513. The standard InChI is InChI=1S/C4H3N3O3S/c8-4(9)1-5-10-3-2-11-7-6-3/h1-2H,(H,8,9). The van der Waals surface area contributed by atoms with Crippen LogP contribution in [0.2, 0.25) is 0 Å². The molecule has 0 spiro atoms. The maximum atomic E-state index is 9.87. The molecule has 0 saturated carbocycles. The van der Waals surface area contributed by atoms with Gasteiger partial charge in [-0.2, -0.15) is 0 Å². The van der Waals surface area contributed by atoms with Crippen LogP contribution in [0.25, 0.3) is 0 Å². The number of rotatable bonds is 3. The fourth-order valence-corrected chi connectivity index (χ4v) is 0.676. The van der Waals surface area contributed by atoms with Crippen molar-refractivity contribution >= 4 is 23.7 Å². The van der Waals surface area contributed by atoms with E-state index in [1.54, 1.807) is 0 Å². The minimum Gasteiger partial charge on any atom is -0.477 e. The third kappa shape index (κ3) is 2.72. The molecule has 0 unspecified atom stereocenters.